The molecule has 0 spiro atoms. The molecule has 0 aromatic heterocycles. The summed E-state index contributed by atoms with van der Waals surface area (Å²) in [5.41, 5.74) is 2.13. The summed E-state index contributed by atoms with van der Waals surface area (Å²) in [5, 5.41) is 21.2. The summed E-state index contributed by atoms with van der Waals surface area (Å²) >= 11 is 0. The molecular formula is C45H39NO8. The van der Waals surface area contributed by atoms with Crippen molar-refractivity contribution < 1.29 is 38.9 Å². The maximum atomic E-state index is 15.2. The Kier molecular flexibility index (Phi) is 9.09. The molecule has 272 valence electrons. The summed E-state index contributed by atoms with van der Waals surface area (Å²) in [6.45, 7) is 0.262. The van der Waals surface area contributed by atoms with Gasteiger partial charge in [-0.05, 0) is 54.0 Å². The smallest absolute Gasteiger partial charge is 0.303 e. The van der Waals surface area contributed by atoms with Crippen LogP contribution in [0.3, 0.4) is 0 Å². The van der Waals surface area contributed by atoms with Crippen LogP contribution in [0.2, 0.25) is 0 Å². The minimum Gasteiger partial charge on any atom is -0.508 e. The van der Waals surface area contributed by atoms with Gasteiger partial charge in [0.25, 0.3) is 0 Å². The van der Waals surface area contributed by atoms with Gasteiger partial charge in [-0.3, -0.25) is 28.9 Å². The van der Waals surface area contributed by atoms with E-state index in [1.54, 1.807) is 24.3 Å². The van der Waals surface area contributed by atoms with Crippen molar-refractivity contribution >= 4 is 34.9 Å². The number of rotatable bonds is 10. The van der Waals surface area contributed by atoms with E-state index in [1.807, 2.05) is 84.9 Å². The predicted molar refractivity (Wildman–Crippen MR) is 199 cm³/mol. The number of carboxylic acids is 1. The summed E-state index contributed by atoms with van der Waals surface area (Å²) in [5.74, 6) is -5.88. The van der Waals surface area contributed by atoms with Crippen LogP contribution in [-0.2, 0) is 36.0 Å². The van der Waals surface area contributed by atoms with E-state index >= 15 is 9.59 Å². The van der Waals surface area contributed by atoms with Crippen LogP contribution in [0.5, 0.6) is 11.5 Å². The monoisotopic (exact) mass is 721 g/mol. The Morgan fingerprint density at radius 3 is 2.20 bits per heavy atom. The number of ketones is 2. The van der Waals surface area contributed by atoms with Crippen LogP contribution in [0.1, 0.15) is 53.9 Å². The van der Waals surface area contributed by atoms with Crippen LogP contribution in [0.15, 0.2) is 127 Å². The van der Waals surface area contributed by atoms with Gasteiger partial charge in [-0.15, -0.1) is 0 Å². The number of carbonyl (C=O) groups is 5. The molecule has 2 amide bonds. The number of aromatic hydroxyl groups is 1. The lowest BCUT2D eigenvalue weighted by atomic mass is 9.44. The van der Waals surface area contributed by atoms with Crippen molar-refractivity contribution in [2.75, 3.05) is 6.54 Å². The molecule has 1 heterocycles. The molecule has 4 aromatic rings. The number of fused-ring (bicyclic) bond motifs is 4. The third kappa shape index (κ3) is 5.75. The van der Waals surface area contributed by atoms with Crippen molar-refractivity contribution in [2.45, 2.75) is 43.6 Å². The number of aliphatic carboxylic acids is 1. The third-order valence-electron chi connectivity index (χ3n) is 11.8. The molecule has 2 fully saturated rings. The Morgan fingerprint density at radius 1 is 0.833 bits per heavy atom. The summed E-state index contributed by atoms with van der Waals surface area (Å²) in [6, 6.07) is 32.9. The van der Waals surface area contributed by atoms with Crippen molar-refractivity contribution in [1.29, 1.82) is 0 Å². The first-order chi connectivity index (χ1) is 26.2. The molecule has 8 rings (SSSR count). The molecule has 9 nitrogen and oxygen atoms in total. The summed E-state index contributed by atoms with van der Waals surface area (Å²) in [4.78, 5) is 70.8. The van der Waals surface area contributed by atoms with Crippen LogP contribution < -0.4 is 4.74 Å². The van der Waals surface area contributed by atoms with Crippen LogP contribution >= 0.6 is 0 Å². The van der Waals surface area contributed by atoms with E-state index in [4.69, 9.17) is 4.74 Å². The highest BCUT2D eigenvalue weighted by Crippen LogP contribution is 2.64. The van der Waals surface area contributed by atoms with E-state index in [2.05, 4.69) is 0 Å². The number of hydrogen-bond acceptors (Lipinski definition) is 7. The average Bonchev–Trinajstić information content (AvgIpc) is 3.43. The molecule has 0 bridgehead atoms. The van der Waals surface area contributed by atoms with E-state index < -0.39 is 41.0 Å². The predicted octanol–water partition coefficient (Wildman–Crippen LogP) is 6.66. The molecule has 1 aliphatic heterocycles. The number of Topliss-reactive ketones (excluding diaryl/α,β-unsaturated/α-hetero) is 1. The highest BCUT2D eigenvalue weighted by Gasteiger charge is 2.66. The van der Waals surface area contributed by atoms with Gasteiger partial charge >= 0.3 is 5.97 Å². The first kappa shape index (κ1) is 35.0. The lowest BCUT2D eigenvalue weighted by Gasteiger charge is -2.55. The molecule has 0 unspecified atom stereocenters. The highest BCUT2D eigenvalue weighted by molar-refractivity contribution is 6.31. The second kappa shape index (κ2) is 14.0. The number of carbonyl (C=O) groups excluding carboxylic acids is 4. The number of phenols is 1. The summed E-state index contributed by atoms with van der Waals surface area (Å²) < 4.78 is 6.05. The zero-order chi connectivity index (χ0) is 37.6. The Balaban J connectivity index is 1.28. The van der Waals surface area contributed by atoms with Crippen molar-refractivity contribution in [3.05, 3.63) is 149 Å². The van der Waals surface area contributed by atoms with Gasteiger partial charge in [-0.1, -0.05) is 109 Å². The fourth-order valence-electron chi connectivity index (χ4n) is 9.49. The lowest BCUT2D eigenvalue weighted by Crippen LogP contribution is -2.58. The second-order valence-corrected chi connectivity index (χ2v) is 14.6. The van der Waals surface area contributed by atoms with E-state index in [1.165, 1.54) is 17.0 Å². The van der Waals surface area contributed by atoms with E-state index in [0.717, 1.165) is 11.1 Å². The Hall–Kier alpha value is -6.09. The summed E-state index contributed by atoms with van der Waals surface area (Å²) in [7, 11) is 0. The Bertz CT molecular complexity index is 2210. The fraction of sp³-hybridized carbons (Fsp3) is 0.267. The van der Waals surface area contributed by atoms with Gasteiger partial charge in [0.2, 0.25) is 11.8 Å². The molecule has 1 saturated heterocycles. The van der Waals surface area contributed by atoms with E-state index in [9.17, 15) is 24.6 Å². The number of likely N-dealkylation sites (tertiary alicyclic amines) is 1. The number of benzene rings is 4. The summed E-state index contributed by atoms with van der Waals surface area (Å²) in [6.07, 6.45) is 3.70. The first-order valence-electron chi connectivity index (χ1n) is 18.4. The van der Waals surface area contributed by atoms with Crippen molar-refractivity contribution in [1.82, 2.24) is 4.90 Å². The molecule has 4 aromatic carbocycles. The van der Waals surface area contributed by atoms with Crippen molar-refractivity contribution in [3.63, 3.8) is 0 Å². The van der Waals surface area contributed by atoms with Crippen LogP contribution in [0.4, 0.5) is 0 Å². The number of nitrogens with zero attached hydrogens (tertiary/aromatic N) is 1. The zero-order valence-electron chi connectivity index (χ0n) is 29.5. The first-order valence-corrected chi connectivity index (χ1v) is 18.4. The molecule has 9 heteroatoms. The number of carboxylic acid groups (broad SMARTS) is 1. The second-order valence-electron chi connectivity index (χ2n) is 14.6. The molecule has 4 aliphatic rings. The molecule has 54 heavy (non-hydrogen) atoms. The van der Waals surface area contributed by atoms with Gasteiger partial charge in [0.05, 0.1) is 17.3 Å². The quantitative estimate of drug-likeness (QED) is 0.137. The molecule has 3 aliphatic carbocycles. The number of phenolic OH excluding ortho intramolecular Hbond substituents is 1. The maximum Gasteiger partial charge on any atom is 0.303 e. The molecular weight excluding hydrogens is 682 g/mol. The van der Waals surface area contributed by atoms with Gasteiger partial charge in [-0.25, -0.2) is 0 Å². The SMILES string of the molecule is O=C(O)CCCN1C(=O)[C@H]2[C@H](CC=C3[C@H]2C[C@H]2C(=O)C(c4ccccc4)=CC(=O)[C@@]2(c2ccccc2)[C@H]3c2ccc(OCc3ccccc3)cc2O)C1=O. The van der Waals surface area contributed by atoms with Crippen LogP contribution in [0.25, 0.3) is 5.57 Å². The average molecular weight is 722 g/mol. The Morgan fingerprint density at radius 2 is 1.52 bits per heavy atom. The standard InChI is InChI=1S/C45H39NO8/c47-37-23-30(54-26-27-11-4-1-5-12-27)18-19-32(37)41-31-20-21-33-40(44(53)46(43(33)52)22-10-17-39(49)50)35(31)24-36-42(51)34(28-13-6-2-7-14-28)25-38(48)45(36,41)29-15-8-3-9-16-29/h1-9,11-16,18-20,23,25,33,35-36,40-41,47H,10,17,21-22,24,26H2,(H,49,50)/t33-,35+,36-,40-,41+,45-/m0/s1. The van der Waals surface area contributed by atoms with Gasteiger partial charge in [-0.2, -0.15) is 0 Å². The largest absolute Gasteiger partial charge is 0.508 e. The highest BCUT2D eigenvalue weighted by atomic mass is 16.5. The van der Waals surface area contributed by atoms with E-state index in [-0.39, 0.29) is 73.5 Å². The Labute approximate surface area is 312 Å². The van der Waals surface area contributed by atoms with Crippen molar-refractivity contribution in [3.8, 4) is 11.5 Å². The fourth-order valence-corrected chi connectivity index (χ4v) is 9.49. The number of hydrogen-bond donors (Lipinski definition) is 2. The van der Waals surface area contributed by atoms with Gasteiger partial charge in [0.15, 0.2) is 11.6 Å². The minimum absolute atomic E-state index is 0.0105. The number of amides is 2. The molecule has 1 saturated carbocycles. The third-order valence-corrected chi connectivity index (χ3v) is 11.8. The molecule has 0 radical (unpaired) electrons. The van der Waals surface area contributed by atoms with Gasteiger partial charge in [0.1, 0.15) is 18.1 Å². The zero-order valence-corrected chi connectivity index (χ0v) is 29.5. The lowest BCUT2D eigenvalue weighted by molar-refractivity contribution is -0.142. The number of imide groups is 1. The van der Waals surface area contributed by atoms with E-state index in [0.29, 0.717) is 22.4 Å². The number of allylic oxidation sites excluding steroid dienone is 4. The maximum absolute atomic E-state index is 15.2. The van der Waals surface area contributed by atoms with Gasteiger partial charge < -0.3 is 14.9 Å². The van der Waals surface area contributed by atoms with Crippen molar-refractivity contribution in [2.24, 2.45) is 23.7 Å². The molecule has 2 N–H and O–H groups in total. The number of ether oxygens (including phenoxy) is 1. The van der Waals surface area contributed by atoms with Crippen LogP contribution in [0, 0.1) is 23.7 Å². The van der Waals surface area contributed by atoms with Gasteiger partial charge in [0, 0.05) is 42.0 Å². The topological polar surface area (TPSA) is 138 Å². The normalized spacial score (nSPS) is 26.0. The van der Waals surface area contributed by atoms with Crippen LogP contribution in [-0.4, -0.2) is 51.0 Å². The minimum atomic E-state index is -1.48. The molecule has 6 atom stereocenters.